The third kappa shape index (κ3) is 2.51. The number of allylic oxidation sites excluding steroid dienone is 2. The molecule has 152 valence electrons. The van der Waals surface area contributed by atoms with Crippen molar-refractivity contribution in [3.63, 3.8) is 0 Å². The fraction of sp³-hybridized carbons (Fsp3) is 0.200. The number of carbonyl (C=O) groups excluding carboxylic acids is 3. The average Bonchev–Trinajstić information content (AvgIpc) is 3.46. The molecule has 1 aliphatic heterocycles. The van der Waals surface area contributed by atoms with Crippen LogP contribution < -0.4 is 10.0 Å². The molecule has 2 amide bonds. The molecule has 3 aromatic rings. The van der Waals surface area contributed by atoms with Gasteiger partial charge in [-0.25, -0.2) is 9.88 Å². The minimum atomic E-state index is -1.28. The van der Waals surface area contributed by atoms with Crippen LogP contribution in [0.3, 0.4) is 0 Å². The molecule has 2 bridgehead atoms. The van der Waals surface area contributed by atoms with Gasteiger partial charge in [0.05, 0.1) is 34.7 Å². The molecule has 6 heteroatoms. The maximum atomic E-state index is 13.1. The molecule has 0 spiro atoms. The minimum absolute atomic E-state index is 0.0523. The maximum absolute atomic E-state index is 13.1. The van der Waals surface area contributed by atoms with Crippen molar-refractivity contribution in [3.8, 4) is 11.3 Å². The number of fused-ring (bicyclic) bond motifs is 6. The molecule has 1 saturated carbocycles. The van der Waals surface area contributed by atoms with E-state index in [1.54, 1.807) is 48.5 Å². The zero-order valence-corrected chi connectivity index (χ0v) is 16.4. The first-order chi connectivity index (χ1) is 15.0. The van der Waals surface area contributed by atoms with Crippen molar-refractivity contribution < 1.29 is 19.5 Å². The summed E-state index contributed by atoms with van der Waals surface area (Å²) in [5.41, 5.74) is 2.16. The largest absolute Gasteiger partial charge is 0.545 e. The molecule has 6 nitrogen and oxygen atoms in total. The summed E-state index contributed by atoms with van der Waals surface area (Å²) >= 11 is 0. The summed E-state index contributed by atoms with van der Waals surface area (Å²) < 4.78 is 0. The highest BCUT2D eigenvalue weighted by Gasteiger charge is 2.59. The second-order valence-electron chi connectivity index (χ2n) is 8.42. The molecule has 2 aromatic carbocycles. The molecule has 0 radical (unpaired) electrons. The number of carbonyl (C=O) groups is 3. The van der Waals surface area contributed by atoms with Crippen LogP contribution in [0.4, 0.5) is 5.69 Å². The lowest BCUT2D eigenvalue weighted by Crippen LogP contribution is -2.32. The monoisotopic (exact) mass is 409 g/mol. The van der Waals surface area contributed by atoms with Crippen LogP contribution in [0.15, 0.2) is 66.7 Å². The Balaban J connectivity index is 1.43. The van der Waals surface area contributed by atoms with Crippen LogP contribution in [0, 0.1) is 23.7 Å². The minimum Gasteiger partial charge on any atom is -0.545 e. The van der Waals surface area contributed by atoms with Crippen molar-refractivity contribution in [1.29, 1.82) is 0 Å². The Morgan fingerprint density at radius 2 is 1.65 bits per heavy atom. The van der Waals surface area contributed by atoms with Gasteiger partial charge in [-0.2, -0.15) is 0 Å². The Labute approximate surface area is 177 Å². The Hall–Kier alpha value is -3.80. The highest BCUT2D eigenvalue weighted by Crippen LogP contribution is 2.53. The van der Waals surface area contributed by atoms with Crippen molar-refractivity contribution >= 4 is 34.4 Å². The van der Waals surface area contributed by atoms with Crippen molar-refractivity contribution in [2.24, 2.45) is 23.7 Å². The van der Waals surface area contributed by atoms with Crippen LogP contribution in [0.5, 0.6) is 0 Å². The molecule has 1 aromatic heterocycles. The van der Waals surface area contributed by atoms with Crippen LogP contribution in [0.2, 0.25) is 0 Å². The van der Waals surface area contributed by atoms with Crippen molar-refractivity contribution in [1.82, 2.24) is 4.98 Å². The summed E-state index contributed by atoms with van der Waals surface area (Å²) in [7, 11) is 0. The van der Waals surface area contributed by atoms with E-state index in [1.807, 2.05) is 0 Å². The van der Waals surface area contributed by atoms with Crippen molar-refractivity contribution in [2.45, 2.75) is 6.42 Å². The third-order valence-electron chi connectivity index (χ3n) is 6.81. The SMILES string of the molecule is O=C([O-])c1cc(-c2cccc(N3C(=O)[C@@H]4[C@@H](C3=O)[C@@H]3C=C[C@@H]4C3)c2)nc2ccccc12. The molecule has 31 heavy (non-hydrogen) atoms. The fourth-order valence-corrected chi connectivity index (χ4v) is 5.45. The predicted octanol–water partition coefficient (Wildman–Crippen LogP) is 2.58. The summed E-state index contributed by atoms with van der Waals surface area (Å²) in [6.45, 7) is 0. The Morgan fingerprint density at radius 3 is 2.35 bits per heavy atom. The molecule has 3 aliphatic rings. The van der Waals surface area contributed by atoms with E-state index in [1.165, 1.54) is 11.0 Å². The standard InChI is InChI=1S/C25H18N2O4/c28-23-21-14-8-9-15(10-14)22(21)24(29)27(23)16-5-3-4-13(11-16)20-12-18(25(30)31)17-6-1-2-7-19(17)26-20/h1-9,11-12,14-15,21-22H,10H2,(H,30,31)/p-1/t14-,15-,21+,22+/m1/s1. The number of carboxylic acid groups (broad SMARTS) is 1. The second-order valence-corrected chi connectivity index (χ2v) is 8.42. The maximum Gasteiger partial charge on any atom is 0.238 e. The van der Waals surface area contributed by atoms with Gasteiger partial charge in [0.25, 0.3) is 0 Å². The number of aromatic nitrogens is 1. The van der Waals surface area contributed by atoms with Gasteiger partial charge in [0.1, 0.15) is 0 Å². The van der Waals surface area contributed by atoms with Crippen LogP contribution >= 0.6 is 0 Å². The Kier molecular flexibility index (Phi) is 3.69. The molecular formula is C25H17N2O4-. The summed E-state index contributed by atoms with van der Waals surface area (Å²) in [5.74, 6) is -1.82. The number of pyridine rings is 1. The quantitative estimate of drug-likeness (QED) is 0.490. The number of anilines is 1. The number of benzene rings is 2. The van der Waals surface area contributed by atoms with Crippen LogP contribution in [0.1, 0.15) is 16.8 Å². The van der Waals surface area contributed by atoms with Gasteiger partial charge in [-0.3, -0.25) is 9.59 Å². The van der Waals surface area contributed by atoms with Gasteiger partial charge in [-0.15, -0.1) is 0 Å². The van der Waals surface area contributed by atoms with E-state index in [2.05, 4.69) is 17.1 Å². The number of hydrogen-bond acceptors (Lipinski definition) is 5. The van der Waals surface area contributed by atoms with Gasteiger partial charge < -0.3 is 9.90 Å². The smallest absolute Gasteiger partial charge is 0.238 e. The fourth-order valence-electron chi connectivity index (χ4n) is 5.45. The second kappa shape index (κ2) is 6.35. The summed E-state index contributed by atoms with van der Waals surface area (Å²) in [6, 6.07) is 15.4. The first-order valence-electron chi connectivity index (χ1n) is 10.3. The van der Waals surface area contributed by atoms with Crippen LogP contribution in [0.25, 0.3) is 22.2 Å². The van der Waals surface area contributed by atoms with Gasteiger partial charge >= 0.3 is 0 Å². The van der Waals surface area contributed by atoms with Crippen molar-refractivity contribution in [3.05, 3.63) is 72.3 Å². The lowest BCUT2D eigenvalue weighted by atomic mass is 9.85. The van der Waals surface area contributed by atoms with E-state index in [4.69, 9.17) is 0 Å². The number of carboxylic acids is 1. The number of hydrogen-bond donors (Lipinski definition) is 0. The molecule has 2 heterocycles. The lowest BCUT2D eigenvalue weighted by Gasteiger charge is -2.18. The molecule has 0 N–H and O–H groups in total. The van der Waals surface area contributed by atoms with Gasteiger partial charge in [-0.1, -0.05) is 42.5 Å². The number of imide groups is 1. The van der Waals surface area contributed by atoms with E-state index in [0.717, 1.165) is 6.42 Å². The van der Waals surface area contributed by atoms with Gasteiger partial charge in [-0.05, 0) is 42.5 Å². The average molecular weight is 409 g/mol. The first kappa shape index (κ1) is 18.0. The molecule has 2 aliphatic carbocycles. The lowest BCUT2D eigenvalue weighted by molar-refractivity contribution is -0.254. The summed E-state index contributed by atoms with van der Waals surface area (Å²) in [4.78, 5) is 43.8. The molecule has 4 atom stereocenters. The summed E-state index contributed by atoms with van der Waals surface area (Å²) in [5, 5.41) is 12.2. The van der Waals surface area contributed by atoms with E-state index in [-0.39, 0.29) is 41.0 Å². The number of amides is 2. The number of aromatic carboxylic acids is 1. The molecular weight excluding hydrogens is 392 g/mol. The van der Waals surface area contributed by atoms with Gasteiger partial charge in [0.15, 0.2) is 0 Å². The topological polar surface area (TPSA) is 90.4 Å². The van der Waals surface area contributed by atoms with E-state index >= 15 is 0 Å². The normalized spacial score (nSPS) is 26.1. The highest BCUT2D eigenvalue weighted by molar-refractivity contribution is 6.23. The van der Waals surface area contributed by atoms with E-state index in [0.29, 0.717) is 27.8 Å². The zero-order valence-electron chi connectivity index (χ0n) is 16.4. The molecule has 6 rings (SSSR count). The number of rotatable bonds is 3. The van der Waals surface area contributed by atoms with Crippen molar-refractivity contribution in [2.75, 3.05) is 4.90 Å². The molecule has 0 unspecified atom stereocenters. The Morgan fingerprint density at radius 1 is 0.935 bits per heavy atom. The summed E-state index contributed by atoms with van der Waals surface area (Å²) in [6.07, 6.45) is 5.02. The molecule has 1 saturated heterocycles. The van der Waals surface area contributed by atoms with E-state index in [9.17, 15) is 19.5 Å². The predicted molar refractivity (Wildman–Crippen MR) is 112 cm³/mol. The number of para-hydroxylation sites is 1. The van der Waals surface area contributed by atoms with E-state index < -0.39 is 5.97 Å². The highest BCUT2D eigenvalue weighted by atomic mass is 16.4. The van der Waals surface area contributed by atoms with Crippen LogP contribution in [-0.4, -0.2) is 22.8 Å². The Bertz CT molecular complexity index is 1300. The zero-order chi connectivity index (χ0) is 21.3. The molecule has 2 fully saturated rings. The van der Waals surface area contributed by atoms with Gasteiger partial charge in [0.2, 0.25) is 11.8 Å². The van der Waals surface area contributed by atoms with Gasteiger partial charge in [0, 0.05) is 16.5 Å². The number of nitrogens with zero attached hydrogens (tertiary/aromatic N) is 2. The van der Waals surface area contributed by atoms with Crippen LogP contribution in [-0.2, 0) is 9.59 Å². The first-order valence-corrected chi connectivity index (χ1v) is 10.3. The third-order valence-corrected chi connectivity index (χ3v) is 6.81.